The molecule has 0 N–H and O–H groups in total. The molecular formula is C26H31FN6OS. The van der Waals surface area contributed by atoms with Gasteiger partial charge in [0.05, 0.1) is 18.3 Å². The summed E-state index contributed by atoms with van der Waals surface area (Å²) in [5.74, 6) is 1.69. The molecule has 2 saturated heterocycles. The van der Waals surface area contributed by atoms with Crippen LogP contribution in [0.4, 0.5) is 10.1 Å². The fraction of sp³-hybridized carbons (Fsp3) is 0.423. The lowest BCUT2D eigenvalue weighted by Crippen LogP contribution is -2.51. The molecule has 1 atom stereocenters. The van der Waals surface area contributed by atoms with Crippen molar-refractivity contribution in [1.29, 1.82) is 0 Å². The average molecular weight is 495 g/mol. The van der Waals surface area contributed by atoms with Crippen LogP contribution in [0.15, 0.2) is 59.8 Å². The zero-order valence-corrected chi connectivity index (χ0v) is 20.8. The highest BCUT2D eigenvalue weighted by atomic mass is 32.2. The molecule has 1 aromatic heterocycles. The van der Waals surface area contributed by atoms with E-state index in [1.807, 2.05) is 41.1 Å². The molecule has 1 amide bonds. The molecule has 2 aliphatic heterocycles. The highest BCUT2D eigenvalue weighted by Crippen LogP contribution is 2.32. The number of carbonyl (C=O) groups is 1. The van der Waals surface area contributed by atoms with E-state index in [4.69, 9.17) is 0 Å². The zero-order valence-electron chi connectivity index (χ0n) is 20.0. The summed E-state index contributed by atoms with van der Waals surface area (Å²) < 4.78 is 16.2. The number of hydrogen-bond acceptors (Lipinski definition) is 6. The Bertz CT molecular complexity index is 1150. The molecule has 1 unspecified atom stereocenters. The third-order valence-electron chi connectivity index (χ3n) is 6.90. The average Bonchev–Trinajstić information content (AvgIpc) is 3.49. The van der Waals surface area contributed by atoms with E-state index in [2.05, 4.69) is 31.8 Å². The van der Waals surface area contributed by atoms with E-state index in [1.165, 1.54) is 11.6 Å². The topological polar surface area (TPSA) is 57.5 Å². The minimum atomic E-state index is -0.211. The van der Waals surface area contributed by atoms with Crippen LogP contribution in [0.25, 0.3) is 0 Å². The number of rotatable bonds is 7. The van der Waals surface area contributed by atoms with Crippen LogP contribution in [0.2, 0.25) is 0 Å². The molecule has 0 spiro atoms. The van der Waals surface area contributed by atoms with Gasteiger partial charge in [0.1, 0.15) is 5.82 Å². The highest BCUT2D eigenvalue weighted by Gasteiger charge is 2.33. The quantitative estimate of drug-likeness (QED) is 0.467. The van der Waals surface area contributed by atoms with Gasteiger partial charge in [0.15, 0.2) is 11.0 Å². The third kappa shape index (κ3) is 5.36. The van der Waals surface area contributed by atoms with E-state index in [0.717, 1.165) is 36.1 Å². The monoisotopic (exact) mass is 494 g/mol. The Kier molecular flexibility index (Phi) is 7.34. The molecule has 35 heavy (non-hydrogen) atoms. The Morgan fingerprint density at radius 2 is 1.74 bits per heavy atom. The Morgan fingerprint density at radius 1 is 1.00 bits per heavy atom. The van der Waals surface area contributed by atoms with Crippen LogP contribution < -0.4 is 4.90 Å². The van der Waals surface area contributed by atoms with Crippen LogP contribution in [0.5, 0.6) is 0 Å². The molecular weight excluding hydrogens is 463 g/mol. The molecule has 2 aromatic carbocycles. The van der Waals surface area contributed by atoms with Gasteiger partial charge in [-0.3, -0.25) is 9.69 Å². The van der Waals surface area contributed by atoms with E-state index in [-0.39, 0.29) is 17.8 Å². The molecule has 0 aliphatic carbocycles. The number of aromatic nitrogens is 3. The van der Waals surface area contributed by atoms with Crippen molar-refractivity contribution in [2.45, 2.75) is 29.8 Å². The third-order valence-corrected chi connectivity index (χ3v) is 8.00. The first-order valence-electron chi connectivity index (χ1n) is 12.2. The summed E-state index contributed by atoms with van der Waals surface area (Å²) in [6.07, 6.45) is 2.02. The smallest absolute Gasteiger partial charge is 0.236 e. The highest BCUT2D eigenvalue weighted by molar-refractivity contribution is 7.98. The summed E-state index contributed by atoms with van der Waals surface area (Å²) in [6.45, 7) is 3.75. The number of benzene rings is 2. The number of likely N-dealkylation sites (tertiary alicyclic amines) is 1. The second-order valence-electron chi connectivity index (χ2n) is 9.12. The van der Waals surface area contributed by atoms with Crippen LogP contribution in [-0.4, -0.2) is 69.7 Å². The number of anilines is 1. The van der Waals surface area contributed by atoms with Crippen LogP contribution in [-0.2, 0) is 17.6 Å². The summed E-state index contributed by atoms with van der Waals surface area (Å²) in [4.78, 5) is 19.3. The predicted octanol–water partition coefficient (Wildman–Crippen LogP) is 3.73. The van der Waals surface area contributed by atoms with Gasteiger partial charge in [-0.15, -0.1) is 10.2 Å². The SMILES string of the molecule is Cn1c(SCc2ccccc2)nnc1C1CCCN1CC(=O)N1CCN(c2ccccc2F)CC1. The molecule has 0 radical (unpaired) electrons. The van der Waals surface area contributed by atoms with Crippen molar-refractivity contribution in [3.05, 3.63) is 71.8 Å². The molecule has 3 heterocycles. The lowest BCUT2D eigenvalue weighted by Gasteiger charge is -2.37. The standard InChI is InChI=1S/C26H31FN6OS/c1-30-25(28-29-26(30)35-19-20-8-3-2-4-9-20)23-12-7-13-33(23)18-24(34)32-16-14-31(15-17-32)22-11-6-5-10-21(22)27/h2-6,8-11,23H,7,12-19H2,1H3. The van der Waals surface area contributed by atoms with Crippen molar-refractivity contribution < 1.29 is 9.18 Å². The fourth-order valence-corrected chi connectivity index (χ4v) is 5.82. The maximum absolute atomic E-state index is 14.1. The van der Waals surface area contributed by atoms with Gasteiger partial charge in [0.2, 0.25) is 5.91 Å². The van der Waals surface area contributed by atoms with Gasteiger partial charge in [-0.25, -0.2) is 4.39 Å². The van der Waals surface area contributed by atoms with Gasteiger partial charge < -0.3 is 14.4 Å². The minimum absolute atomic E-state index is 0.0993. The molecule has 2 aliphatic rings. The number of hydrogen-bond donors (Lipinski definition) is 0. The van der Waals surface area contributed by atoms with Crippen molar-refractivity contribution in [3.8, 4) is 0 Å². The summed E-state index contributed by atoms with van der Waals surface area (Å²) >= 11 is 1.68. The number of carbonyl (C=O) groups excluding carboxylic acids is 1. The summed E-state index contributed by atoms with van der Waals surface area (Å²) in [7, 11) is 2.02. The maximum Gasteiger partial charge on any atom is 0.236 e. The molecule has 184 valence electrons. The Labute approximate surface area is 209 Å². The lowest BCUT2D eigenvalue weighted by molar-refractivity contribution is -0.133. The number of para-hydroxylation sites is 1. The van der Waals surface area contributed by atoms with Crippen molar-refractivity contribution >= 4 is 23.4 Å². The number of piperazine rings is 1. The summed E-state index contributed by atoms with van der Waals surface area (Å²) in [5.41, 5.74) is 1.87. The first kappa shape index (κ1) is 23.8. The van der Waals surface area contributed by atoms with Gasteiger partial charge in [0, 0.05) is 39.0 Å². The van der Waals surface area contributed by atoms with Gasteiger partial charge >= 0.3 is 0 Å². The van der Waals surface area contributed by atoms with Gasteiger partial charge in [-0.05, 0) is 37.1 Å². The molecule has 3 aromatic rings. The largest absolute Gasteiger partial charge is 0.366 e. The molecule has 0 bridgehead atoms. The van der Waals surface area contributed by atoms with Crippen LogP contribution in [0, 0.1) is 5.82 Å². The predicted molar refractivity (Wildman–Crippen MR) is 136 cm³/mol. The van der Waals surface area contributed by atoms with Gasteiger partial charge in [0.25, 0.3) is 0 Å². The number of halogens is 1. The molecule has 7 nitrogen and oxygen atoms in total. The van der Waals surface area contributed by atoms with E-state index < -0.39 is 0 Å². The van der Waals surface area contributed by atoms with Crippen molar-refractivity contribution in [2.24, 2.45) is 7.05 Å². The minimum Gasteiger partial charge on any atom is -0.366 e. The van der Waals surface area contributed by atoms with E-state index in [1.54, 1.807) is 23.9 Å². The van der Waals surface area contributed by atoms with E-state index in [9.17, 15) is 9.18 Å². The normalized spacial score (nSPS) is 18.9. The van der Waals surface area contributed by atoms with Crippen LogP contribution in [0.3, 0.4) is 0 Å². The lowest BCUT2D eigenvalue weighted by atomic mass is 10.2. The molecule has 5 rings (SSSR count). The van der Waals surface area contributed by atoms with Crippen molar-refractivity contribution in [2.75, 3.05) is 44.2 Å². The fourth-order valence-electron chi connectivity index (χ4n) is 4.95. The van der Waals surface area contributed by atoms with E-state index >= 15 is 0 Å². The zero-order chi connectivity index (χ0) is 24.2. The van der Waals surface area contributed by atoms with Crippen LogP contribution >= 0.6 is 11.8 Å². The Hall–Kier alpha value is -2.91. The Morgan fingerprint density at radius 3 is 2.51 bits per heavy atom. The maximum atomic E-state index is 14.1. The molecule has 2 fully saturated rings. The first-order chi connectivity index (χ1) is 17.1. The van der Waals surface area contributed by atoms with Crippen LogP contribution in [0.1, 0.15) is 30.3 Å². The van der Waals surface area contributed by atoms with Gasteiger partial charge in [-0.2, -0.15) is 0 Å². The molecule has 9 heteroatoms. The molecule has 0 saturated carbocycles. The second-order valence-corrected chi connectivity index (χ2v) is 10.1. The van der Waals surface area contributed by atoms with Crippen molar-refractivity contribution in [3.63, 3.8) is 0 Å². The van der Waals surface area contributed by atoms with Crippen molar-refractivity contribution in [1.82, 2.24) is 24.6 Å². The number of amides is 1. The Balaban J connectivity index is 1.17. The summed E-state index contributed by atoms with van der Waals surface area (Å²) in [6, 6.07) is 17.3. The summed E-state index contributed by atoms with van der Waals surface area (Å²) in [5, 5.41) is 9.85. The first-order valence-corrected chi connectivity index (χ1v) is 13.2. The second kappa shape index (κ2) is 10.8. The van der Waals surface area contributed by atoms with Gasteiger partial charge in [-0.1, -0.05) is 54.2 Å². The van der Waals surface area contributed by atoms with E-state index in [0.29, 0.717) is 38.4 Å². The number of nitrogens with zero attached hydrogens (tertiary/aromatic N) is 6. The number of thioether (sulfide) groups is 1.